The van der Waals surface area contributed by atoms with Crippen molar-refractivity contribution in [1.82, 2.24) is 9.47 Å². The molecule has 0 saturated heterocycles. The van der Waals surface area contributed by atoms with E-state index in [-0.39, 0.29) is 11.5 Å². The molecule has 0 saturated carbocycles. The van der Waals surface area contributed by atoms with E-state index in [0.29, 0.717) is 35.7 Å². The lowest BCUT2D eigenvalue weighted by atomic mass is 9.94. The lowest BCUT2D eigenvalue weighted by Gasteiger charge is -2.31. The number of methoxy groups -OCH3 is 2. The molecule has 0 bridgehead atoms. The van der Waals surface area contributed by atoms with Gasteiger partial charge in [0.05, 0.1) is 14.2 Å². The second-order valence-corrected chi connectivity index (χ2v) is 8.65. The van der Waals surface area contributed by atoms with Crippen molar-refractivity contribution in [2.75, 3.05) is 20.8 Å². The maximum Gasteiger partial charge on any atom is 0.261 e. The number of aromatic nitrogens is 1. The van der Waals surface area contributed by atoms with Crippen molar-refractivity contribution in [2.24, 2.45) is 7.05 Å². The van der Waals surface area contributed by atoms with Gasteiger partial charge in [0.15, 0.2) is 0 Å². The van der Waals surface area contributed by atoms with E-state index >= 15 is 0 Å². The summed E-state index contributed by atoms with van der Waals surface area (Å²) in [5.74, 6) is 0.793. The molecule has 3 aromatic rings. The number of hydrogen-bond donors (Lipinski definition) is 0. The summed E-state index contributed by atoms with van der Waals surface area (Å²) in [6.07, 6.45) is 2.64. The highest BCUT2D eigenvalue weighted by Crippen LogP contribution is 2.38. The SMILES string of the molecule is COc1cc(-c2cn(C)c(=O)c(C)c2C)cc(OC)c1C(=O)N1CCc2c(C)cccc2C1. The zero-order valence-electron chi connectivity index (χ0n) is 20.1. The average molecular weight is 447 g/mol. The van der Waals surface area contributed by atoms with E-state index in [4.69, 9.17) is 9.47 Å². The van der Waals surface area contributed by atoms with Crippen LogP contribution in [0.15, 0.2) is 41.3 Å². The summed E-state index contributed by atoms with van der Waals surface area (Å²) in [5, 5.41) is 0. The first-order chi connectivity index (χ1) is 15.8. The Morgan fingerprint density at radius 1 is 1.00 bits per heavy atom. The molecule has 2 heterocycles. The first kappa shape index (κ1) is 22.6. The van der Waals surface area contributed by atoms with Gasteiger partial charge in [-0.05, 0) is 67.1 Å². The number of carbonyl (C=O) groups excluding carboxylic acids is 1. The van der Waals surface area contributed by atoms with E-state index in [2.05, 4.69) is 19.1 Å². The smallest absolute Gasteiger partial charge is 0.261 e. The molecule has 0 spiro atoms. The van der Waals surface area contributed by atoms with E-state index in [1.807, 2.05) is 43.1 Å². The van der Waals surface area contributed by atoms with Crippen LogP contribution in [0.4, 0.5) is 0 Å². The number of hydrogen-bond acceptors (Lipinski definition) is 4. The fourth-order valence-electron chi connectivity index (χ4n) is 4.68. The highest BCUT2D eigenvalue weighted by atomic mass is 16.5. The van der Waals surface area contributed by atoms with Gasteiger partial charge in [-0.3, -0.25) is 9.59 Å². The Morgan fingerprint density at radius 3 is 2.30 bits per heavy atom. The third-order valence-electron chi connectivity index (χ3n) is 6.75. The molecular weight excluding hydrogens is 416 g/mol. The Hall–Kier alpha value is -3.54. The van der Waals surface area contributed by atoms with Crippen LogP contribution in [0.1, 0.15) is 38.2 Å². The molecule has 1 aromatic heterocycles. The van der Waals surface area contributed by atoms with Gasteiger partial charge in [-0.15, -0.1) is 0 Å². The molecule has 0 atom stereocenters. The van der Waals surface area contributed by atoms with Crippen molar-refractivity contribution in [2.45, 2.75) is 33.7 Å². The maximum absolute atomic E-state index is 13.6. The van der Waals surface area contributed by atoms with Crippen LogP contribution in [-0.4, -0.2) is 36.1 Å². The van der Waals surface area contributed by atoms with Crippen LogP contribution >= 0.6 is 0 Å². The number of nitrogens with zero attached hydrogens (tertiary/aromatic N) is 2. The normalized spacial score (nSPS) is 13.0. The highest BCUT2D eigenvalue weighted by Gasteiger charge is 2.28. The van der Waals surface area contributed by atoms with E-state index in [9.17, 15) is 9.59 Å². The number of aryl methyl sites for hydroxylation is 2. The second-order valence-electron chi connectivity index (χ2n) is 8.65. The van der Waals surface area contributed by atoms with Crippen molar-refractivity contribution in [3.63, 3.8) is 0 Å². The van der Waals surface area contributed by atoms with Gasteiger partial charge in [-0.2, -0.15) is 0 Å². The van der Waals surface area contributed by atoms with Crippen LogP contribution in [0.25, 0.3) is 11.1 Å². The summed E-state index contributed by atoms with van der Waals surface area (Å²) in [6.45, 7) is 7.07. The van der Waals surface area contributed by atoms with Gasteiger partial charge in [0, 0.05) is 37.5 Å². The van der Waals surface area contributed by atoms with Crippen molar-refractivity contribution in [3.8, 4) is 22.6 Å². The largest absolute Gasteiger partial charge is 0.496 e. The van der Waals surface area contributed by atoms with Crippen molar-refractivity contribution >= 4 is 5.91 Å². The van der Waals surface area contributed by atoms with E-state index in [1.54, 1.807) is 25.8 Å². The van der Waals surface area contributed by atoms with E-state index in [0.717, 1.165) is 23.1 Å². The number of fused-ring (bicyclic) bond motifs is 1. The second kappa shape index (κ2) is 8.77. The number of carbonyl (C=O) groups is 1. The molecule has 1 aliphatic heterocycles. The number of pyridine rings is 1. The molecule has 0 radical (unpaired) electrons. The molecule has 0 N–H and O–H groups in total. The quantitative estimate of drug-likeness (QED) is 0.603. The van der Waals surface area contributed by atoms with E-state index < -0.39 is 0 Å². The Labute approximate surface area is 194 Å². The molecule has 1 aliphatic rings. The monoisotopic (exact) mass is 446 g/mol. The van der Waals surface area contributed by atoms with Crippen molar-refractivity contribution in [1.29, 1.82) is 0 Å². The summed E-state index contributed by atoms with van der Waals surface area (Å²) in [4.78, 5) is 27.8. The van der Waals surface area contributed by atoms with Gasteiger partial charge in [-0.1, -0.05) is 18.2 Å². The highest BCUT2D eigenvalue weighted by molar-refractivity contribution is 6.01. The molecule has 6 heteroatoms. The number of rotatable bonds is 4. The molecule has 33 heavy (non-hydrogen) atoms. The summed E-state index contributed by atoms with van der Waals surface area (Å²) in [5.41, 5.74) is 7.48. The van der Waals surface area contributed by atoms with Gasteiger partial charge >= 0.3 is 0 Å². The van der Waals surface area contributed by atoms with Crippen LogP contribution in [0.5, 0.6) is 11.5 Å². The minimum atomic E-state index is -0.115. The number of benzene rings is 2. The van der Waals surface area contributed by atoms with Gasteiger partial charge in [0.2, 0.25) is 0 Å². The van der Waals surface area contributed by atoms with Gasteiger partial charge in [0.1, 0.15) is 17.1 Å². The minimum Gasteiger partial charge on any atom is -0.496 e. The summed E-state index contributed by atoms with van der Waals surface area (Å²) in [7, 11) is 4.85. The van der Waals surface area contributed by atoms with Crippen LogP contribution in [0.3, 0.4) is 0 Å². The van der Waals surface area contributed by atoms with Crippen LogP contribution in [-0.2, 0) is 20.0 Å². The standard InChI is InChI=1S/C27H30N2O4/c1-16-8-7-9-19-14-29(11-10-21(16)19)27(31)25-23(32-5)12-20(13-24(25)33-6)22-15-28(4)26(30)18(3)17(22)2/h7-9,12-13,15H,10-11,14H2,1-6H3. The molecule has 1 amide bonds. The Kier molecular flexibility index (Phi) is 6.02. The third-order valence-corrected chi connectivity index (χ3v) is 6.75. The van der Waals surface area contributed by atoms with Crippen LogP contribution < -0.4 is 15.0 Å². The Morgan fingerprint density at radius 2 is 1.67 bits per heavy atom. The van der Waals surface area contributed by atoms with Gasteiger partial charge in [0.25, 0.3) is 11.5 Å². The Bertz CT molecular complexity index is 1280. The fourth-order valence-corrected chi connectivity index (χ4v) is 4.68. The first-order valence-corrected chi connectivity index (χ1v) is 11.1. The zero-order chi connectivity index (χ0) is 23.9. The topological polar surface area (TPSA) is 60.8 Å². The first-order valence-electron chi connectivity index (χ1n) is 11.1. The molecule has 2 aromatic carbocycles. The summed E-state index contributed by atoms with van der Waals surface area (Å²) < 4.78 is 12.9. The molecule has 4 rings (SSSR count). The maximum atomic E-state index is 13.6. The molecule has 0 fully saturated rings. The Balaban J connectivity index is 1.78. The summed E-state index contributed by atoms with van der Waals surface area (Å²) >= 11 is 0. The molecule has 0 unspecified atom stereocenters. The van der Waals surface area contributed by atoms with Crippen LogP contribution in [0, 0.1) is 20.8 Å². The van der Waals surface area contributed by atoms with E-state index in [1.165, 1.54) is 16.7 Å². The van der Waals surface area contributed by atoms with Crippen LogP contribution in [0.2, 0.25) is 0 Å². The van der Waals surface area contributed by atoms with Gasteiger partial charge in [-0.25, -0.2) is 0 Å². The predicted molar refractivity (Wildman–Crippen MR) is 129 cm³/mol. The average Bonchev–Trinajstić information content (AvgIpc) is 2.83. The van der Waals surface area contributed by atoms with Crippen molar-refractivity contribution in [3.05, 3.63) is 80.3 Å². The molecule has 6 nitrogen and oxygen atoms in total. The van der Waals surface area contributed by atoms with Gasteiger partial charge < -0.3 is 18.9 Å². The lowest BCUT2D eigenvalue weighted by molar-refractivity contribution is 0.0727. The number of ether oxygens (including phenoxy) is 2. The fraction of sp³-hybridized carbons (Fsp3) is 0.333. The zero-order valence-corrected chi connectivity index (χ0v) is 20.1. The molecule has 172 valence electrons. The number of amides is 1. The predicted octanol–water partition coefficient (Wildman–Crippen LogP) is 4.19. The molecule has 0 aliphatic carbocycles. The van der Waals surface area contributed by atoms with Crippen molar-refractivity contribution < 1.29 is 14.3 Å². The summed E-state index contributed by atoms with van der Waals surface area (Å²) in [6, 6.07) is 9.94. The molecular formula is C27H30N2O4. The minimum absolute atomic E-state index is 0.0254. The lowest BCUT2D eigenvalue weighted by Crippen LogP contribution is -2.36. The third kappa shape index (κ3) is 3.90.